The molecule has 0 spiro atoms. The van der Waals surface area contributed by atoms with Gasteiger partial charge >= 0.3 is 7.25 Å². The molecule has 0 aliphatic heterocycles. The van der Waals surface area contributed by atoms with Crippen molar-refractivity contribution in [3.05, 3.63) is 24.3 Å². The summed E-state index contributed by atoms with van der Waals surface area (Å²) in [5.41, 5.74) is 12.2. The maximum absolute atomic E-state index is 9.75. The van der Waals surface area contributed by atoms with Crippen LogP contribution in [0.4, 0.5) is 28.6 Å². The molecular formula is C6H8BF4N2-. The van der Waals surface area contributed by atoms with Crippen LogP contribution in [0.2, 0.25) is 0 Å². The Labute approximate surface area is 72.6 Å². The van der Waals surface area contributed by atoms with Gasteiger partial charge in [0.1, 0.15) is 0 Å². The average Bonchev–Trinajstić information content (AvgIpc) is 1.92. The molecule has 0 unspecified atom stereocenters. The van der Waals surface area contributed by atoms with Crippen LogP contribution < -0.4 is 11.5 Å². The Kier molecular flexibility index (Phi) is 4.09. The first-order valence-electron chi connectivity index (χ1n) is 3.27. The van der Waals surface area contributed by atoms with E-state index in [-0.39, 0.29) is 0 Å². The topological polar surface area (TPSA) is 52.0 Å². The summed E-state index contributed by atoms with van der Waals surface area (Å²) in [6.45, 7) is 0. The molecule has 0 aliphatic carbocycles. The predicted octanol–water partition coefficient (Wildman–Crippen LogP) is 2.15. The van der Waals surface area contributed by atoms with Crippen molar-refractivity contribution in [1.82, 2.24) is 0 Å². The fraction of sp³-hybridized carbons (Fsp3) is 0. The zero-order valence-electron chi connectivity index (χ0n) is 6.55. The summed E-state index contributed by atoms with van der Waals surface area (Å²) in [6, 6.07) is 7.09. The SMILES string of the molecule is F[B-](F)(F)F.Nc1ccc(N)cc1. The summed E-state index contributed by atoms with van der Waals surface area (Å²) in [6.07, 6.45) is 0. The van der Waals surface area contributed by atoms with E-state index in [4.69, 9.17) is 11.5 Å². The Morgan fingerprint density at radius 2 is 0.923 bits per heavy atom. The smallest absolute Gasteiger partial charge is 0.418 e. The van der Waals surface area contributed by atoms with Crippen LogP contribution in [-0.2, 0) is 0 Å². The molecule has 0 aliphatic rings. The van der Waals surface area contributed by atoms with Crippen LogP contribution in [0.3, 0.4) is 0 Å². The summed E-state index contributed by atoms with van der Waals surface area (Å²) < 4.78 is 39.0. The fourth-order valence-corrected chi connectivity index (χ4v) is 0.496. The third kappa shape index (κ3) is 10.6. The molecule has 0 bridgehead atoms. The minimum absolute atomic E-state index is 0.749. The lowest BCUT2D eigenvalue weighted by Gasteiger charge is -1.94. The number of benzene rings is 1. The van der Waals surface area contributed by atoms with Crippen molar-refractivity contribution >= 4 is 18.6 Å². The fourth-order valence-electron chi connectivity index (χ4n) is 0.496. The molecule has 0 saturated heterocycles. The number of halogens is 4. The van der Waals surface area contributed by atoms with Crippen molar-refractivity contribution < 1.29 is 17.3 Å². The largest absolute Gasteiger partial charge is 0.673 e. The summed E-state index contributed by atoms with van der Waals surface area (Å²) in [4.78, 5) is 0. The number of hydrogen-bond donors (Lipinski definition) is 2. The maximum Gasteiger partial charge on any atom is 0.673 e. The quantitative estimate of drug-likeness (QED) is 0.378. The van der Waals surface area contributed by atoms with Gasteiger partial charge in [-0.15, -0.1) is 0 Å². The van der Waals surface area contributed by atoms with Crippen LogP contribution in [0.5, 0.6) is 0 Å². The molecule has 1 aromatic rings. The van der Waals surface area contributed by atoms with Gasteiger partial charge in [-0.2, -0.15) is 0 Å². The molecule has 1 rings (SSSR count). The van der Waals surface area contributed by atoms with Gasteiger partial charge < -0.3 is 28.7 Å². The van der Waals surface area contributed by atoms with Crippen LogP contribution >= 0.6 is 0 Å². The maximum atomic E-state index is 9.75. The van der Waals surface area contributed by atoms with E-state index in [1.54, 1.807) is 24.3 Å². The second-order valence-corrected chi connectivity index (χ2v) is 2.16. The highest BCUT2D eigenvalue weighted by atomic mass is 19.5. The van der Waals surface area contributed by atoms with Gasteiger partial charge in [-0.3, -0.25) is 0 Å². The van der Waals surface area contributed by atoms with Crippen molar-refractivity contribution in [2.45, 2.75) is 0 Å². The van der Waals surface area contributed by atoms with E-state index in [2.05, 4.69) is 0 Å². The van der Waals surface area contributed by atoms with Crippen molar-refractivity contribution in [2.75, 3.05) is 11.5 Å². The number of nitrogens with two attached hydrogens (primary N) is 2. The third-order valence-electron chi connectivity index (χ3n) is 0.936. The summed E-state index contributed by atoms with van der Waals surface area (Å²) >= 11 is 0. The number of rotatable bonds is 0. The van der Waals surface area contributed by atoms with E-state index in [0.29, 0.717) is 0 Å². The molecular weight excluding hydrogens is 187 g/mol. The molecule has 0 saturated carbocycles. The molecule has 13 heavy (non-hydrogen) atoms. The van der Waals surface area contributed by atoms with Gasteiger partial charge in [0.2, 0.25) is 0 Å². The minimum Gasteiger partial charge on any atom is -0.418 e. The lowest BCUT2D eigenvalue weighted by Crippen LogP contribution is -2.02. The Balaban J connectivity index is 0.000000252. The van der Waals surface area contributed by atoms with E-state index < -0.39 is 7.25 Å². The highest BCUT2D eigenvalue weighted by Crippen LogP contribution is 2.06. The summed E-state index contributed by atoms with van der Waals surface area (Å²) in [5.74, 6) is 0. The van der Waals surface area contributed by atoms with Gasteiger partial charge in [0.15, 0.2) is 0 Å². The molecule has 1 aromatic carbocycles. The lowest BCUT2D eigenvalue weighted by molar-refractivity contribution is 0.368. The van der Waals surface area contributed by atoms with Crippen LogP contribution in [0, 0.1) is 0 Å². The van der Waals surface area contributed by atoms with Gasteiger partial charge in [-0.05, 0) is 24.3 Å². The van der Waals surface area contributed by atoms with Crippen molar-refractivity contribution in [3.63, 3.8) is 0 Å². The van der Waals surface area contributed by atoms with Crippen LogP contribution in [0.25, 0.3) is 0 Å². The van der Waals surface area contributed by atoms with Crippen LogP contribution in [0.1, 0.15) is 0 Å². The molecule has 4 N–H and O–H groups in total. The Hall–Kier alpha value is -1.40. The molecule has 0 heterocycles. The van der Waals surface area contributed by atoms with Gasteiger partial charge in [-0.1, -0.05) is 0 Å². The second kappa shape index (κ2) is 4.59. The number of anilines is 2. The van der Waals surface area contributed by atoms with E-state index in [9.17, 15) is 17.3 Å². The van der Waals surface area contributed by atoms with E-state index in [1.165, 1.54) is 0 Å². The van der Waals surface area contributed by atoms with E-state index >= 15 is 0 Å². The Morgan fingerprint density at radius 1 is 0.769 bits per heavy atom. The second-order valence-electron chi connectivity index (χ2n) is 2.16. The minimum atomic E-state index is -6.00. The van der Waals surface area contributed by atoms with Crippen molar-refractivity contribution in [3.8, 4) is 0 Å². The molecule has 74 valence electrons. The summed E-state index contributed by atoms with van der Waals surface area (Å²) in [7, 11) is -6.00. The van der Waals surface area contributed by atoms with Crippen LogP contribution in [-0.4, -0.2) is 7.25 Å². The Morgan fingerprint density at radius 3 is 1.08 bits per heavy atom. The molecule has 0 aromatic heterocycles. The molecule has 7 heteroatoms. The van der Waals surface area contributed by atoms with Gasteiger partial charge in [0.05, 0.1) is 0 Å². The van der Waals surface area contributed by atoms with Gasteiger partial charge in [-0.25, -0.2) is 0 Å². The molecule has 2 nitrogen and oxygen atoms in total. The standard InChI is InChI=1S/C6H8N2.BF4/c7-5-1-2-6(8)4-3-5;2-1(3,4)5/h1-4H,7-8H2;/q;-1. The molecule has 0 amide bonds. The van der Waals surface area contributed by atoms with E-state index in [0.717, 1.165) is 11.4 Å². The van der Waals surface area contributed by atoms with E-state index in [1.807, 2.05) is 0 Å². The third-order valence-corrected chi connectivity index (χ3v) is 0.936. The molecule has 0 atom stereocenters. The first-order valence-corrected chi connectivity index (χ1v) is 3.27. The number of hydrogen-bond acceptors (Lipinski definition) is 2. The first kappa shape index (κ1) is 11.6. The molecule has 0 radical (unpaired) electrons. The number of nitrogen functional groups attached to an aromatic ring is 2. The zero-order chi connectivity index (χ0) is 10.5. The van der Waals surface area contributed by atoms with Gasteiger partial charge in [0, 0.05) is 11.4 Å². The Bertz CT molecular complexity index is 219. The highest BCUT2D eigenvalue weighted by molar-refractivity contribution is 6.50. The predicted molar refractivity (Wildman–Crippen MR) is 45.5 cm³/mol. The monoisotopic (exact) mass is 195 g/mol. The highest BCUT2D eigenvalue weighted by Gasteiger charge is 2.20. The first-order chi connectivity index (χ1) is 5.79. The average molecular weight is 195 g/mol. The van der Waals surface area contributed by atoms with Gasteiger partial charge in [0.25, 0.3) is 0 Å². The molecule has 0 fully saturated rings. The lowest BCUT2D eigenvalue weighted by atomic mass is 10.3. The van der Waals surface area contributed by atoms with Crippen molar-refractivity contribution in [1.29, 1.82) is 0 Å². The van der Waals surface area contributed by atoms with Crippen molar-refractivity contribution in [2.24, 2.45) is 0 Å². The zero-order valence-corrected chi connectivity index (χ0v) is 6.55. The summed E-state index contributed by atoms with van der Waals surface area (Å²) in [5, 5.41) is 0. The van der Waals surface area contributed by atoms with Crippen LogP contribution in [0.15, 0.2) is 24.3 Å². The normalized spacial score (nSPS) is 10.2.